The van der Waals surface area contributed by atoms with Gasteiger partial charge in [-0.25, -0.2) is 4.98 Å². The number of amides is 2. The highest BCUT2D eigenvalue weighted by Gasteiger charge is 2.15. The van der Waals surface area contributed by atoms with E-state index in [1.807, 2.05) is 25.1 Å². The van der Waals surface area contributed by atoms with Crippen molar-refractivity contribution in [1.29, 1.82) is 0 Å². The van der Waals surface area contributed by atoms with Gasteiger partial charge in [0, 0.05) is 43.1 Å². The van der Waals surface area contributed by atoms with E-state index in [2.05, 4.69) is 21.6 Å². The first-order valence-electron chi connectivity index (χ1n) is 11.5. The summed E-state index contributed by atoms with van der Waals surface area (Å²) >= 11 is 0. The lowest BCUT2D eigenvalue weighted by molar-refractivity contribution is -0.121. The van der Waals surface area contributed by atoms with Crippen molar-refractivity contribution in [3.63, 3.8) is 0 Å². The third-order valence-electron chi connectivity index (χ3n) is 5.88. The molecule has 1 aliphatic rings. The molecule has 1 aliphatic heterocycles. The number of rotatable bonds is 8. The third-order valence-corrected chi connectivity index (χ3v) is 5.88. The Morgan fingerprint density at radius 1 is 0.971 bits per heavy atom. The Balaban J connectivity index is 1.36. The SMILES string of the molecule is COc1ccc(OC)c(NC(=O)CCC(=O)Nc2ccc3nc(N4CCOCC4)cc(C)c3c2)c1. The molecule has 9 nitrogen and oxygen atoms in total. The predicted octanol–water partition coefficient (Wildman–Crippen LogP) is 3.75. The minimum Gasteiger partial charge on any atom is -0.497 e. The number of aromatic nitrogens is 1. The second-order valence-electron chi connectivity index (χ2n) is 8.29. The van der Waals surface area contributed by atoms with Crippen LogP contribution in [0.25, 0.3) is 10.9 Å². The first kappa shape index (κ1) is 24.3. The first-order valence-corrected chi connectivity index (χ1v) is 11.5. The number of morpholine rings is 1. The molecule has 1 aromatic heterocycles. The van der Waals surface area contributed by atoms with Crippen LogP contribution in [0.15, 0.2) is 42.5 Å². The van der Waals surface area contributed by atoms with E-state index in [1.165, 1.54) is 7.11 Å². The molecule has 2 N–H and O–H groups in total. The first-order chi connectivity index (χ1) is 17.0. The van der Waals surface area contributed by atoms with E-state index in [-0.39, 0.29) is 24.7 Å². The van der Waals surface area contributed by atoms with Crippen LogP contribution in [0.5, 0.6) is 11.5 Å². The average molecular weight is 479 g/mol. The summed E-state index contributed by atoms with van der Waals surface area (Å²) in [5, 5.41) is 6.63. The molecule has 2 amide bonds. The lowest BCUT2D eigenvalue weighted by atomic mass is 10.1. The number of nitrogens with zero attached hydrogens (tertiary/aromatic N) is 2. The maximum Gasteiger partial charge on any atom is 0.224 e. The van der Waals surface area contributed by atoms with E-state index in [0.717, 1.165) is 35.4 Å². The molecule has 9 heteroatoms. The molecule has 3 aromatic rings. The zero-order valence-electron chi connectivity index (χ0n) is 20.2. The maximum absolute atomic E-state index is 12.5. The molecule has 0 saturated carbocycles. The zero-order chi connectivity index (χ0) is 24.8. The number of ether oxygens (including phenoxy) is 3. The number of benzene rings is 2. The summed E-state index contributed by atoms with van der Waals surface area (Å²) in [5.74, 6) is 1.51. The lowest BCUT2D eigenvalue weighted by Gasteiger charge is -2.28. The van der Waals surface area contributed by atoms with Gasteiger partial charge < -0.3 is 29.7 Å². The van der Waals surface area contributed by atoms with Crippen LogP contribution in [0.1, 0.15) is 18.4 Å². The summed E-state index contributed by atoms with van der Waals surface area (Å²) in [6.45, 7) is 5.09. The summed E-state index contributed by atoms with van der Waals surface area (Å²) in [6, 6.07) is 12.8. The van der Waals surface area contributed by atoms with Crippen LogP contribution >= 0.6 is 0 Å². The summed E-state index contributed by atoms with van der Waals surface area (Å²) in [4.78, 5) is 31.9. The minimum absolute atomic E-state index is 0.0310. The summed E-state index contributed by atoms with van der Waals surface area (Å²) in [7, 11) is 3.07. The number of carbonyl (C=O) groups is 2. The molecule has 0 unspecified atom stereocenters. The van der Waals surface area contributed by atoms with E-state index in [0.29, 0.717) is 36.1 Å². The molecule has 1 saturated heterocycles. The summed E-state index contributed by atoms with van der Waals surface area (Å²) < 4.78 is 15.9. The van der Waals surface area contributed by atoms with Gasteiger partial charge in [0.1, 0.15) is 17.3 Å². The zero-order valence-corrected chi connectivity index (χ0v) is 20.2. The molecule has 184 valence electrons. The smallest absolute Gasteiger partial charge is 0.224 e. The van der Waals surface area contributed by atoms with Crippen molar-refractivity contribution < 1.29 is 23.8 Å². The van der Waals surface area contributed by atoms with Gasteiger partial charge in [-0.05, 0) is 48.9 Å². The van der Waals surface area contributed by atoms with Gasteiger partial charge in [-0.1, -0.05) is 0 Å². The molecule has 2 heterocycles. The molecule has 0 aliphatic carbocycles. The van der Waals surface area contributed by atoms with Gasteiger partial charge in [0.15, 0.2) is 0 Å². The van der Waals surface area contributed by atoms with Crippen molar-refractivity contribution in [3.8, 4) is 11.5 Å². The fourth-order valence-corrected chi connectivity index (χ4v) is 3.98. The number of hydrogen-bond acceptors (Lipinski definition) is 7. The second kappa shape index (κ2) is 11.1. The number of carbonyl (C=O) groups excluding carboxylic acids is 2. The highest BCUT2D eigenvalue weighted by molar-refractivity contribution is 5.98. The van der Waals surface area contributed by atoms with Crippen molar-refractivity contribution >= 4 is 39.9 Å². The van der Waals surface area contributed by atoms with Crippen molar-refractivity contribution in [2.24, 2.45) is 0 Å². The summed E-state index contributed by atoms with van der Waals surface area (Å²) in [6.07, 6.45) is 0.0760. The number of fused-ring (bicyclic) bond motifs is 1. The largest absolute Gasteiger partial charge is 0.497 e. The number of aryl methyl sites for hydroxylation is 1. The van der Waals surface area contributed by atoms with Gasteiger partial charge >= 0.3 is 0 Å². The highest BCUT2D eigenvalue weighted by Crippen LogP contribution is 2.29. The molecule has 2 aromatic carbocycles. The number of anilines is 3. The van der Waals surface area contributed by atoms with E-state index in [4.69, 9.17) is 19.2 Å². The molecule has 4 rings (SSSR count). The molecule has 35 heavy (non-hydrogen) atoms. The van der Waals surface area contributed by atoms with Crippen molar-refractivity contribution in [2.75, 3.05) is 56.1 Å². The topological polar surface area (TPSA) is 102 Å². The fraction of sp³-hybridized carbons (Fsp3) is 0.346. The Labute approximate surface area is 204 Å². The quantitative estimate of drug-likeness (QED) is 0.508. The van der Waals surface area contributed by atoms with Crippen molar-refractivity contribution in [3.05, 3.63) is 48.0 Å². The summed E-state index contributed by atoms with van der Waals surface area (Å²) in [5.41, 5.74) is 3.11. The third kappa shape index (κ3) is 5.99. The van der Waals surface area contributed by atoms with Crippen LogP contribution in [0.4, 0.5) is 17.2 Å². The molecular formula is C26H30N4O5. The minimum atomic E-state index is -0.291. The maximum atomic E-state index is 12.5. The van der Waals surface area contributed by atoms with Crippen LogP contribution in [0.2, 0.25) is 0 Å². The number of nitrogens with one attached hydrogen (secondary N) is 2. The van der Waals surface area contributed by atoms with Crippen LogP contribution < -0.4 is 25.0 Å². The van der Waals surface area contributed by atoms with Crippen LogP contribution in [0.3, 0.4) is 0 Å². The monoisotopic (exact) mass is 478 g/mol. The Kier molecular flexibility index (Phi) is 7.67. The molecular weight excluding hydrogens is 448 g/mol. The highest BCUT2D eigenvalue weighted by atomic mass is 16.5. The van der Waals surface area contributed by atoms with Crippen LogP contribution in [-0.4, -0.2) is 57.3 Å². The molecule has 0 bridgehead atoms. The lowest BCUT2D eigenvalue weighted by Crippen LogP contribution is -2.36. The fourth-order valence-electron chi connectivity index (χ4n) is 3.98. The average Bonchev–Trinajstić information content (AvgIpc) is 2.88. The van der Waals surface area contributed by atoms with Gasteiger partial charge in [-0.15, -0.1) is 0 Å². The number of methoxy groups -OCH3 is 2. The second-order valence-corrected chi connectivity index (χ2v) is 8.29. The Morgan fingerprint density at radius 2 is 1.71 bits per heavy atom. The Hall–Kier alpha value is -3.85. The van der Waals surface area contributed by atoms with Crippen LogP contribution in [-0.2, 0) is 14.3 Å². The Morgan fingerprint density at radius 3 is 2.43 bits per heavy atom. The van der Waals surface area contributed by atoms with E-state index in [1.54, 1.807) is 25.3 Å². The van der Waals surface area contributed by atoms with E-state index in [9.17, 15) is 9.59 Å². The predicted molar refractivity (Wildman–Crippen MR) is 136 cm³/mol. The van der Waals surface area contributed by atoms with Gasteiger partial charge in [0.25, 0.3) is 0 Å². The van der Waals surface area contributed by atoms with Gasteiger partial charge in [0.05, 0.1) is 38.6 Å². The molecule has 0 radical (unpaired) electrons. The van der Waals surface area contributed by atoms with Gasteiger partial charge in [-0.3, -0.25) is 9.59 Å². The molecule has 0 spiro atoms. The Bertz CT molecular complexity index is 1220. The standard InChI is InChI=1S/C26H30N4O5/c1-17-14-24(30-10-12-35-13-11-30)28-21-6-4-18(15-20(17)21)27-25(31)8-9-26(32)29-22-16-19(33-2)5-7-23(22)34-3/h4-7,14-16H,8-13H2,1-3H3,(H,27,31)(H,29,32). The van der Waals surface area contributed by atoms with Gasteiger partial charge in [0.2, 0.25) is 11.8 Å². The van der Waals surface area contributed by atoms with Crippen molar-refractivity contribution in [1.82, 2.24) is 4.98 Å². The molecule has 0 atom stereocenters. The number of pyridine rings is 1. The van der Waals surface area contributed by atoms with Gasteiger partial charge in [-0.2, -0.15) is 0 Å². The van der Waals surface area contributed by atoms with E-state index >= 15 is 0 Å². The van der Waals surface area contributed by atoms with Crippen molar-refractivity contribution in [2.45, 2.75) is 19.8 Å². The normalized spacial score (nSPS) is 13.4. The number of hydrogen-bond donors (Lipinski definition) is 2. The van der Waals surface area contributed by atoms with Crippen LogP contribution in [0, 0.1) is 6.92 Å². The van der Waals surface area contributed by atoms with E-state index < -0.39 is 0 Å². The molecule has 1 fully saturated rings.